The number of aliphatic carboxylic acids is 1. The van der Waals surface area contributed by atoms with E-state index in [4.69, 9.17) is 4.74 Å². The number of hydrogen-bond acceptors (Lipinski definition) is 4. The first kappa shape index (κ1) is 16.0. The maximum Gasteiger partial charge on any atom is 0.336 e. The molecule has 2 aromatic heterocycles. The molecule has 0 aliphatic carbocycles. The van der Waals surface area contributed by atoms with Gasteiger partial charge in [0.05, 0.1) is 36.9 Å². The molecule has 3 rings (SSSR count). The van der Waals surface area contributed by atoms with E-state index in [0.717, 1.165) is 22.0 Å². The van der Waals surface area contributed by atoms with Gasteiger partial charge in [-0.2, -0.15) is 0 Å². The van der Waals surface area contributed by atoms with E-state index in [1.165, 1.54) is 24.7 Å². The molecule has 0 amide bonds. The van der Waals surface area contributed by atoms with E-state index in [-0.39, 0.29) is 12.1 Å². The molecule has 0 bridgehead atoms. The second-order valence-corrected chi connectivity index (χ2v) is 5.97. The summed E-state index contributed by atoms with van der Waals surface area (Å²) in [6.45, 7) is 0.214. The quantitative estimate of drug-likeness (QED) is 0.546. The normalized spacial score (nSPS) is 11.5. The second kappa shape index (κ2) is 7.14. The Labute approximate surface area is 143 Å². The molecule has 1 N–H and O–H groups in total. The summed E-state index contributed by atoms with van der Waals surface area (Å²) in [6, 6.07) is 13.8. The lowest BCUT2D eigenvalue weighted by Gasteiger charge is -2.08. The summed E-state index contributed by atoms with van der Waals surface area (Å²) in [4.78, 5) is 16.0. The first-order valence-corrected chi connectivity index (χ1v) is 8.18. The fraction of sp³-hybridized carbons (Fsp3) is 0.111. The number of benzene rings is 1. The summed E-state index contributed by atoms with van der Waals surface area (Å²) in [6.07, 6.45) is 3.09. The van der Waals surface area contributed by atoms with Gasteiger partial charge in [0.1, 0.15) is 5.01 Å². The maximum absolute atomic E-state index is 11.3. The van der Waals surface area contributed by atoms with E-state index in [1.54, 1.807) is 0 Å². The highest BCUT2D eigenvalue weighted by Crippen LogP contribution is 2.29. The van der Waals surface area contributed by atoms with Crippen LogP contribution in [-0.2, 0) is 16.1 Å². The average Bonchev–Trinajstić information content (AvgIpc) is 3.24. The molecular weight excluding hydrogens is 324 g/mol. The smallest absolute Gasteiger partial charge is 0.336 e. The third kappa shape index (κ3) is 3.38. The summed E-state index contributed by atoms with van der Waals surface area (Å²) >= 11 is 1.54. The van der Waals surface area contributed by atoms with Gasteiger partial charge in [-0.05, 0) is 12.1 Å². The van der Waals surface area contributed by atoms with Gasteiger partial charge < -0.3 is 14.4 Å². The number of aromatic nitrogens is 2. The molecule has 0 atom stereocenters. The summed E-state index contributed by atoms with van der Waals surface area (Å²) < 4.78 is 6.71. The number of carboxylic acids is 1. The summed E-state index contributed by atoms with van der Waals surface area (Å²) in [5.74, 6) is -0.999. The van der Waals surface area contributed by atoms with Crippen LogP contribution >= 0.6 is 11.3 Å². The number of nitrogens with zero attached hydrogens (tertiary/aromatic N) is 2. The zero-order valence-electron chi connectivity index (χ0n) is 13.0. The Morgan fingerprint density at radius 2 is 2.08 bits per heavy atom. The van der Waals surface area contributed by atoms with Gasteiger partial charge in [-0.25, -0.2) is 9.78 Å². The molecule has 3 aromatic rings. The molecule has 0 fully saturated rings. The Balaban J connectivity index is 1.90. The molecule has 0 spiro atoms. The second-order valence-electron chi connectivity index (χ2n) is 5.11. The number of carbonyl (C=O) groups is 1. The van der Waals surface area contributed by atoms with Crippen LogP contribution in [0.5, 0.6) is 0 Å². The van der Waals surface area contributed by atoms with Gasteiger partial charge in [0.25, 0.3) is 0 Å². The fourth-order valence-corrected chi connectivity index (χ4v) is 3.23. The van der Waals surface area contributed by atoms with Crippen LogP contribution in [0, 0.1) is 0 Å². The Morgan fingerprint density at radius 1 is 1.29 bits per heavy atom. The molecule has 0 saturated carbocycles. The van der Waals surface area contributed by atoms with Crippen molar-refractivity contribution in [3.05, 3.63) is 65.9 Å². The lowest BCUT2D eigenvalue weighted by atomic mass is 10.2. The number of ether oxygens (including phenoxy) is 1. The van der Waals surface area contributed by atoms with Crippen molar-refractivity contribution in [2.45, 2.75) is 6.54 Å². The van der Waals surface area contributed by atoms with Crippen LogP contribution in [0.4, 0.5) is 0 Å². The van der Waals surface area contributed by atoms with Crippen molar-refractivity contribution in [1.29, 1.82) is 0 Å². The third-order valence-electron chi connectivity index (χ3n) is 3.50. The lowest BCUT2D eigenvalue weighted by molar-refractivity contribution is -0.133. The van der Waals surface area contributed by atoms with Crippen LogP contribution in [0.1, 0.15) is 0 Å². The summed E-state index contributed by atoms with van der Waals surface area (Å²) in [5, 5.41) is 12.1. The number of methoxy groups -OCH3 is 1. The number of hydrogen-bond donors (Lipinski definition) is 1. The van der Waals surface area contributed by atoms with Crippen molar-refractivity contribution in [3.63, 3.8) is 0 Å². The molecule has 0 saturated heterocycles. The van der Waals surface area contributed by atoms with Crippen LogP contribution in [0.3, 0.4) is 0 Å². The third-order valence-corrected chi connectivity index (χ3v) is 4.36. The van der Waals surface area contributed by atoms with Gasteiger partial charge in [-0.15, -0.1) is 11.3 Å². The number of rotatable bonds is 6. The van der Waals surface area contributed by atoms with Crippen molar-refractivity contribution in [2.24, 2.45) is 0 Å². The predicted molar refractivity (Wildman–Crippen MR) is 93.7 cm³/mol. The molecule has 0 aliphatic heterocycles. The molecule has 122 valence electrons. The number of thiazole rings is 1. The van der Waals surface area contributed by atoms with E-state index < -0.39 is 5.97 Å². The van der Waals surface area contributed by atoms with Gasteiger partial charge in [0, 0.05) is 17.1 Å². The van der Waals surface area contributed by atoms with E-state index in [1.807, 2.05) is 58.6 Å². The maximum atomic E-state index is 11.3. The Kier molecular flexibility index (Phi) is 4.77. The SMILES string of the molecule is COC=C(Cn1cccc1-c1nc(-c2ccccc2)cs1)C(=O)O. The number of carboxylic acid groups (broad SMARTS) is 1. The molecule has 24 heavy (non-hydrogen) atoms. The van der Waals surface area contributed by atoms with Crippen molar-refractivity contribution in [2.75, 3.05) is 7.11 Å². The van der Waals surface area contributed by atoms with Crippen molar-refractivity contribution in [3.8, 4) is 22.0 Å². The highest BCUT2D eigenvalue weighted by Gasteiger charge is 2.14. The van der Waals surface area contributed by atoms with Gasteiger partial charge >= 0.3 is 5.97 Å². The fourth-order valence-electron chi connectivity index (χ4n) is 2.36. The average molecular weight is 340 g/mol. The van der Waals surface area contributed by atoms with E-state index in [2.05, 4.69) is 4.98 Å². The predicted octanol–water partition coefficient (Wildman–Crippen LogP) is 3.89. The highest BCUT2D eigenvalue weighted by molar-refractivity contribution is 7.13. The zero-order valence-corrected chi connectivity index (χ0v) is 13.9. The minimum absolute atomic E-state index is 0.176. The van der Waals surface area contributed by atoms with E-state index >= 15 is 0 Å². The molecule has 0 radical (unpaired) electrons. The lowest BCUT2D eigenvalue weighted by Crippen LogP contribution is -2.10. The van der Waals surface area contributed by atoms with Gasteiger partial charge in [0.2, 0.25) is 0 Å². The van der Waals surface area contributed by atoms with E-state index in [9.17, 15) is 9.90 Å². The van der Waals surface area contributed by atoms with Gasteiger partial charge in [0.15, 0.2) is 0 Å². The van der Waals surface area contributed by atoms with E-state index in [0.29, 0.717) is 0 Å². The van der Waals surface area contributed by atoms with Crippen LogP contribution in [0.2, 0.25) is 0 Å². The van der Waals surface area contributed by atoms with Crippen molar-refractivity contribution < 1.29 is 14.6 Å². The van der Waals surface area contributed by atoms with Crippen LogP contribution in [0.15, 0.2) is 65.9 Å². The Morgan fingerprint density at radius 3 is 2.79 bits per heavy atom. The Bertz CT molecular complexity index is 865. The zero-order chi connectivity index (χ0) is 16.9. The van der Waals surface area contributed by atoms with Crippen LogP contribution in [0.25, 0.3) is 22.0 Å². The molecular formula is C18H16N2O3S. The molecule has 2 heterocycles. The first-order valence-electron chi connectivity index (χ1n) is 7.30. The summed E-state index contributed by atoms with van der Waals surface area (Å²) in [7, 11) is 1.44. The molecule has 0 aliphatic rings. The topological polar surface area (TPSA) is 64.4 Å². The Hall–Kier alpha value is -2.86. The standard InChI is InChI=1S/C18H16N2O3S/c1-23-11-14(18(21)22)10-20-9-5-8-16(20)17-19-15(12-24-17)13-6-3-2-4-7-13/h2-9,11-12H,10H2,1H3,(H,21,22). The minimum atomic E-state index is -0.999. The van der Waals surface area contributed by atoms with Crippen LogP contribution < -0.4 is 0 Å². The van der Waals surface area contributed by atoms with Gasteiger partial charge in [-0.3, -0.25) is 0 Å². The van der Waals surface area contributed by atoms with Crippen molar-refractivity contribution >= 4 is 17.3 Å². The molecule has 1 aromatic carbocycles. The minimum Gasteiger partial charge on any atom is -0.504 e. The summed E-state index contributed by atoms with van der Waals surface area (Å²) in [5.41, 5.74) is 3.03. The highest BCUT2D eigenvalue weighted by atomic mass is 32.1. The van der Waals surface area contributed by atoms with Crippen LogP contribution in [-0.4, -0.2) is 27.7 Å². The molecule has 6 heteroatoms. The first-order chi connectivity index (χ1) is 11.7. The largest absolute Gasteiger partial charge is 0.504 e. The molecule has 0 unspecified atom stereocenters. The van der Waals surface area contributed by atoms with Gasteiger partial charge in [-0.1, -0.05) is 30.3 Å². The monoisotopic (exact) mass is 340 g/mol. The molecule has 5 nitrogen and oxygen atoms in total. The van der Waals surface area contributed by atoms with Crippen molar-refractivity contribution in [1.82, 2.24) is 9.55 Å².